The first kappa shape index (κ1) is 10.1. The van der Waals surface area contributed by atoms with Gasteiger partial charge < -0.3 is 14.6 Å². The predicted molar refractivity (Wildman–Crippen MR) is 42.2 cm³/mol. The van der Waals surface area contributed by atoms with E-state index < -0.39 is 23.6 Å². The van der Waals surface area contributed by atoms with Gasteiger partial charge >= 0.3 is 5.97 Å². The van der Waals surface area contributed by atoms with Gasteiger partial charge in [0.15, 0.2) is 5.79 Å². The number of rotatable bonds is 3. The number of hydrogen-bond acceptors (Lipinski definition) is 4. The van der Waals surface area contributed by atoms with Crippen LogP contribution in [0, 0.1) is 0 Å². The molecular formula is C8H12O5. The monoisotopic (exact) mass is 188 g/mol. The van der Waals surface area contributed by atoms with Gasteiger partial charge in [-0.15, -0.1) is 0 Å². The summed E-state index contributed by atoms with van der Waals surface area (Å²) < 4.78 is 10.4. The third kappa shape index (κ3) is 2.78. The number of aliphatic carboxylic acids is 1. The fourth-order valence-electron chi connectivity index (χ4n) is 1.16. The second-order valence-corrected chi connectivity index (χ2v) is 3.38. The van der Waals surface area contributed by atoms with Crippen LogP contribution in [0.15, 0.2) is 0 Å². The zero-order chi connectivity index (χ0) is 10.1. The van der Waals surface area contributed by atoms with Crippen LogP contribution in [0.3, 0.4) is 0 Å². The Balaban J connectivity index is 2.41. The fraction of sp³-hybridized carbons (Fsp3) is 0.750. The Bertz CT molecular complexity index is 233. The molecule has 5 nitrogen and oxygen atoms in total. The highest BCUT2D eigenvalue weighted by Crippen LogP contribution is 2.23. The van der Waals surface area contributed by atoms with Gasteiger partial charge in [0, 0.05) is 6.42 Å². The van der Waals surface area contributed by atoms with E-state index in [-0.39, 0.29) is 13.0 Å². The van der Waals surface area contributed by atoms with Crippen LogP contribution < -0.4 is 0 Å². The summed E-state index contributed by atoms with van der Waals surface area (Å²) in [6, 6.07) is 0. The topological polar surface area (TPSA) is 72.8 Å². The average molecular weight is 188 g/mol. The largest absolute Gasteiger partial charge is 0.475 e. The maximum atomic E-state index is 10.8. The quantitative estimate of drug-likeness (QED) is 0.639. The van der Waals surface area contributed by atoms with Gasteiger partial charge in [-0.05, 0) is 13.8 Å². The molecule has 1 N–H and O–H groups in total. The lowest BCUT2D eigenvalue weighted by molar-refractivity contribution is -0.154. The van der Waals surface area contributed by atoms with Gasteiger partial charge in [0.05, 0.1) is 12.7 Å². The van der Waals surface area contributed by atoms with E-state index in [1.165, 1.54) is 0 Å². The zero-order valence-electron chi connectivity index (χ0n) is 7.57. The van der Waals surface area contributed by atoms with Gasteiger partial charge in [-0.3, -0.25) is 4.79 Å². The van der Waals surface area contributed by atoms with Crippen molar-refractivity contribution in [3.05, 3.63) is 0 Å². The lowest BCUT2D eigenvalue weighted by atomic mass is 10.2. The molecule has 1 fully saturated rings. The maximum absolute atomic E-state index is 10.8. The lowest BCUT2D eigenvalue weighted by Crippen LogP contribution is -2.25. The van der Waals surface area contributed by atoms with E-state index in [1.807, 2.05) is 0 Å². The smallest absolute Gasteiger partial charge is 0.372 e. The van der Waals surface area contributed by atoms with Crippen molar-refractivity contribution in [2.24, 2.45) is 0 Å². The second kappa shape index (κ2) is 3.43. The number of carbonyl (C=O) groups is 2. The molecule has 5 heteroatoms. The van der Waals surface area contributed by atoms with Gasteiger partial charge in [0.2, 0.25) is 5.78 Å². The van der Waals surface area contributed by atoms with Crippen LogP contribution in [0.5, 0.6) is 0 Å². The molecule has 0 unspecified atom stereocenters. The first-order valence-electron chi connectivity index (χ1n) is 3.98. The summed E-state index contributed by atoms with van der Waals surface area (Å²) in [7, 11) is 0. The second-order valence-electron chi connectivity index (χ2n) is 3.38. The van der Waals surface area contributed by atoms with Gasteiger partial charge in [-0.1, -0.05) is 0 Å². The van der Waals surface area contributed by atoms with Gasteiger partial charge in [0.1, 0.15) is 0 Å². The highest BCUT2D eigenvalue weighted by atomic mass is 16.7. The van der Waals surface area contributed by atoms with Crippen molar-refractivity contribution in [2.75, 3.05) is 6.61 Å². The van der Waals surface area contributed by atoms with Crippen LogP contribution >= 0.6 is 0 Å². The molecule has 1 heterocycles. The molecule has 1 rings (SSSR count). The molecule has 0 amide bonds. The van der Waals surface area contributed by atoms with Gasteiger partial charge in [0.25, 0.3) is 0 Å². The zero-order valence-corrected chi connectivity index (χ0v) is 7.57. The van der Waals surface area contributed by atoms with E-state index in [4.69, 9.17) is 14.6 Å². The Morgan fingerprint density at radius 2 is 2.15 bits per heavy atom. The Morgan fingerprint density at radius 1 is 1.54 bits per heavy atom. The minimum atomic E-state index is -1.42. The Morgan fingerprint density at radius 3 is 2.54 bits per heavy atom. The number of carboxylic acids is 1. The molecule has 74 valence electrons. The van der Waals surface area contributed by atoms with Crippen LogP contribution in [0.4, 0.5) is 0 Å². The predicted octanol–water partition coefficient (Wildman–Crippen LogP) is 0.182. The third-order valence-corrected chi connectivity index (χ3v) is 1.72. The molecule has 0 aromatic carbocycles. The molecule has 0 bridgehead atoms. The summed E-state index contributed by atoms with van der Waals surface area (Å²) in [6.45, 7) is 3.71. The van der Waals surface area contributed by atoms with E-state index in [2.05, 4.69) is 0 Å². The van der Waals surface area contributed by atoms with Crippen molar-refractivity contribution in [3.63, 3.8) is 0 Å². The first-order chi connectivity index (χ1) is 5.91. The molecule has 1 atom stereocenters. The molecule has 13 heavy (non-hydrogen) atoms. The van der Waals surface area contributed by atoms with Gasteiger partial charge in [-0.2, -0.15) is 0 Å². The van der Waals surface area contributed by atoms with Crippen LogP contribution in [-0.4, -0.2) is 35.4 Å². The molecule has 1 aliphatic rings. The van der Waals surface area contributed by atoms with Crippen molar-refractivity contribution in [1.82, 2.24) is 0 Å². The van der Waals surface area contributed by atoms with Crippen LogP contribution in [0.25, 0.3) is 0 Å². The Kier molecular flexibility index (Phi) is 2.68. The summed E-state index contributed by atoms with van der Waals surface area (Å²) >= 11 is 0. The highest BCUT2D eigenvalue weighted by molar-refractivity contribution is 6.32. The van der Waals surface area contributed by atoms with Crippen molar-refractivity contribution in [1.29, 1.82) is 0 Å². The van der Waals surface area contributed by atoms with E-state index >= 15 is 0 Å². The molecule has 0 radical (unpaired) electrons. The molecule has 1 saturated heterocycles. The Labute approximate surface area is 75.6 Å². The summed E-state index contributed by atoms with van der Waals surface area (Å²) in [5.74, 6) is -2.97. The maximum Gasteiger partial charge on any atom is 0.372 e. The standard InChI is InChI=1S/C8H12O5/c1-8(2)12-4-5(13-8)3-6(9)7(10)11/h5H,3-4H2,1-2H3,(H,10,11)/t5-/m0/s1. The SMILES string of the molecule is CC1(C)OC[C@H](CC(=O)C(=O)O)O1. The van der Waals surface area contributed by atoms with E-state index in [1.54, 1.807) is 13.8 Å². The van der Waals surface area contributed by atoms with Crippen molar-refractivity contribution in [3.8, 4) is 0 Å². The summed E-state index contributed by atoms with van der Waals surface area (Å²) in [6.07, 6.45) is -0.558. The number of ketones is 1. The average Bonchev–Trinajstić information content (AvgIpc) is 2.30. The number of ether oxygens (including phenoxy) is 2. The summed E-state index contributed by atoms with van der Waals surface area (Å²) in [5.41, 5.74) is 0. The van der Waals surface area contributed by atoms with Crippen LogP contribution in [0.1, 0.15) is 20.3 Å². The summed E-state index contributed by atoms with van der Waals surface area (Å²) in [5, 5.41) is 8.33. The van der Waals surface area contributed by atoms with E-state index in [9.17, 15) is 9.59 Å². The number of carbonyl (C=O) groups excluding carboxylic acids is 1. The minimum Gasteiger partial charge on any atom is -0.475 e. The molecule has 0 saturated carbocycles. The number of Topliss-reactive ketones (excluding diaryl/α,β-unsaturated/α-hetero) is 1. The van der Waals surface area contributed by atoms with Crippen LogP contribution in [0.2, 0.25) is 0 Å². The van der Waals surface area contributed by atoms with Crippen molar-refractivity contribution < 1.29 is 24.2 Å². The third-order valence-electron chi connectivity index (χ3n) is 1.72. The molecular weight excluding hydrogens is 176 g/mol. The summed E-state index contributed by atoms with van der Waals surface area (Å²) in [4.78, 5) is 21.0. The van der Waals surface area contributed by atoms with Crippen molar-refractivity contribution >= 4 is 11.8 Å². The first-order valence-corrected chi connectivity index (χ1v) is 3.98. The van der Waals surface area contributed by atoms with Crippen molar-refractivity contribution in [2.45, 2.75) is 32.2 Å². The molecule has 0 aliphatic carbocycles. The van der Waals surface area contributed by atoms with Gasteiger partial charge in [-0.25, -0.2) is 4.79 Å². The lowest BCUT2D eigenvalue weighted by Gasteiger charge is -2.16. The molecule has 0 aromatic heterocycles. The van der Waals surface area contributed by atoms with E-state index in [0.29, 0.717) is 0 Å². The molecule has 1 aliphatic heterocycles. The highest BCUT2D eigenvalue weighted by Gasteiger charge is 2.34. The number of hydrogen-bond donors (Lipinski definition) is 1. The molecule has 0 spiro atoms. The normalized spacial score (nSPS) is 25.8. The molecule has 0 aromatic rings. The number of carboxylic acid groups (broad SMARTS) is 1. The Hall–Kier alpha value is -0.940. The fourth-order valence-corrected chi connectivity index (χ4v) is 1.16. The van der Waals surface area contributed by atoms with Crippen LogP contribution in [-0.2, 0) is 19.1 Å². The van der Waals surface area contributed by atoms with E-state index in [0.717, 1.165) is 0 Å². The minimum absolute atomic E-state index is 0.126.